The number of allylic oxidation sites excluding steroid dienone is 2. The zero-order valence-electron chi connectivity index (χ0n) is 13.4. The fourth-order valence-corrected chi connectivity index (χ4v) is 3.79. The topological polar surface area (TPSA) is 88.5 Å². The Labute approximate surface area is 143 Å². The molecule has 2 aromatic rings. The molecule has 0 saturated carbocycles. The Morgan fingerprint density at radius 3 is 2.88 bits per heavy atom. The quantitative estimate of drug-likeness (QED) is 0.829. The molecular weight excluding hydrogens is 328 g/mol. The van der Waals surface area contributed by atoms with Crippen molar-refractivity contribution in [1.82, 2.24) is 4.98 Å². The normalized spacial score (nSPS) is 20.5. The van der Waals surface area contributed by atoms with Crippen LogP contribution in [-0.2, 0) is 9.59 Å². The van der Waals surface area contributed by atoms with E-state index in [0.29, 0.717) is 18.0 Å². The van der Waals surface area contributed by atoms with Crippen LogP contribution in [0.4, 0.5) is 5.13 Å². The van der Waals surface area contributed by atoms with Crippen LogP contribution >= 0.6 is 11.3 Å². The van der Waals surface area contributed by atoms with Gasteiger partial charge in [0.1, 0.15) is 5.75 Å². The first-order valence-corrected chi connectivity index (χ1v) is 8.43. The smallest absolute Gasteiger partial charge is 0.307 e. The van der Waals surface area contributed by atoms with Crippen LogP contribution in [0.2, 0.25) is 0 Å². The Kier molecular flexibility index (Phi) is 4.53. The predicted molar refractivity (Wildman–Crippen MR) is 92.4 cm³/mol. The fraction of sp³-hybridized carbons (Fsp3) is 0.353. The summed E-state index contributed by atoms with van der Waals surface area (Å²) >= 11 is 1.34. The molecular formula is C17H18N2O4S. The molecule has 126 valence electrons. The Hall–Kier alpha value is -2.41. The first-order chi connectivity index (χ1) is 11.5. The van der Waals surface area contributed by atoms with Crippen LogP contribution in [0.5, 0.6) is 5.75 Å². The average Bonchev–Trinajstić information content (AvgIpc) is 2.95. The van der Waals surface area contributed by atoms with Crippen LogP contribution in [0.3, 0.4) is 0 Å². The molecule has 6 nitrogen and oxygen atoms in total. The van der Waals surface area contributed by atoms with Crippen LogP contribution in [0.25, 0.3) is 10.2 Å². The molecule has 0 aliphatic heterocycles. The van der Waals surface area contributed by atoms with Crippen LogP contribution in [0.1, 0.15) is 19.8 Å². The van der Waals surface area contributed by atoms with Crippen molar-refractivity contribution in [2.45, 2.75) is 19.8 Å². The number of carbonyl (C=O) groups excluding carboxylic acids is 1. The largest absolute Gasteiger partial charge is 0.497 e. The molecule has 1 aromatic carbocycles. The molecule has 1 heterocycles. The number of rotatable bonds is 4. The molecule has 1 aliphatic rings. The van der Waals surface area contributed by atoms with Gasteiger partial charge < -0.3 is 15.2 Å². The fourth-order valence-electron chi connectivity index (χ4n) is 2.90. The number of nitrogens with one attached hydrogen (secondary N) is 1. The minimum atomic E-state index is -0.934. The van der Waals surface area contributed by atoms with E-state index in [-0.39, 0.29) is 5.91 Å². The van der Waals surface area contributed by atoms with Gasteiger partial charge in [0.25, 0.3) is 0 Å². The number of aliphatic carboxylic acids is 1. The van der Waals surface area contributed by atoms with E-state index in [0.717, 1.165) is 21.5 Å². The number of nitrogens with zero attached hydrogens (tertiary/aromatic N) is 1. The monoisotopic (exact) mass is 346 g/mol. The highest BCUT2D eigenvalue weighted by Crippen LogP contribution is 2.33. The van der Waals surface area contributed by atoms with Crippen molar-refractivity contribution < 1.29 is 19.4 Å². The zero-order valence-corrected chi connectivity index (χ0v) is 14.2. The number of thiazole rings is 1. The maximum atomic E-state index is 12.5. The van der Waals surface area contributed by atoms with Crippen LogP contribution < -0.4 is 10.1 Å². The molecule has 0 unspecified atom stereocenters. The van der Waals surface area contributed by atoms with Crippen LogP contribution in [0.15, 0.2) is 29.8 Å². The van der Waals surface area contributed by atoms with Crippen LogP contribution in [-0.4, -0.2) is 29.1 Å². The molecule has 7 heteroatoms. The molecule has 1 aliphatic carbocycles. The molecule has 0 spiro atoms. The number of carboxylic acids is 1. The number of hydrogen-bond donors (Lipinski definition) is 2. The maximum absolute atomic E-state index is 12.5. The van der Waals surface area contributed by atoms with Crippen molar-refractivity contribution in [2.24, 2.45) is 11.8 Å². The van der Waals surface area contributed by atoms with Crippen molar-refractivity contribution in [3.05, 3.63) is 29.8 Å². The van der Waals surface area contributed by atoms with Gasteiger partial charge in [-0.3, -0.25) is 9.59 Å². The lowest BCUT2D eigenvalue weighted by atomic mass is 9.79. The SMILES string of the molecule is COc1ccc2nc(NC(=O)[C@@H]3CC=C(C)C[C@@H]3C(=O)O)sc2c1. The molecule has 2 N–H and O–H groups in total. The van der Waals surface area contributed by atoms with Gasteiger partial charge in [-0.25, -0.2) is 4.98 Å². The Morgan fingerprint density at radius 1 is 1.38 bits per heavy atom. The minimum Gasteiger partial charge on any atom is -0.497 e. The third-order valence-corrected chi connectivity index (χ3v) is 5.16. The lowest BCUT2D eigenvalue weighted by molar-refractivity contribution is -0.146. The van der Waals surface area contributed by atoms with E-state index in [1.165, 1.54) is 11.3 Å². The van der Waals surface area contributed by atoms with Gasteiger partial charge in [-0.05, 0) is 38.0 Å². The van der Waals surface area contributed by atoms with E-state index >= 15 is 0 Å². The van der Waals surface area contributed by atoms with E-state index in [9.17, 15) is 14.7 Å². The highest BCUT2D eigenvalue weighted by molar-refractivity contribution is 7.22. The highest BCUT2D eigenvalue weighted by Gasteiger charge is 2.35. The van der Waals surface area contributed by atoms with E-state index in [4.69, 9.17) is 4.74 Å². The number of anilines is 1. The van der Waals surface area contributed by atoms with E-state index < -0.39 is 17.8 Å². The second-order valence-electron chi connectivity index (χ2n) is 5.88. The summed E-state index contributed by atoms with van der Waals surface area (Å²) in [7, 11) is 1.59. The van der Waals surface area contributed by atoms with Gasteiger partial charge in [0.05, 0.1) is 29.2 Å². The van der Waals surface area contributed by atoms with Crippen molar-refractivity contribution in [1.29, 1.82) is 0 Å². The molecule has 0 fully saturated rings. The Balaban J connectivity index is 1.80. The molecule has 0 saturated heterocycles. The highest BCUT2D eigenvalue weighted by atomic mass is 32.1. The summed E-state index contributed by atoms with van der Waals surface area (Å²) in [4.78, 5) is 28.3. The number of fused-ring (bicyclic) bond motifs is 1. The molecule has 1 aromatic heterocycles. The second-order valence-corrected chi connectivity index (χ2v) is 6.91. The number of amides is 1. The minimum absolute atomic E-state index is 0.294. The summed E-state index contributed by atoms with van der Waals surface area (Å²) in [6, 6.07) is 5.49. The molecule has 24 heavy (non-hydrogen) atoms. The number of methoxy groups -OCH3 is 1. The van der Waals surface area contributed by atoms with Crippen molar-refractivity contribution >= 4 is 38.6 Å². The summed E-state index contributed by atoms with van der Waals surface area (Å²) in [6.45, 7) is 1.89. The summed E-state index contributed by atoms with van der Waals surface area (Å²) in [5.74, 6) is -1.77. The first kappa shape index (κ1) is 16.4. The number of carbonyl (C=O) groups is 2. The number of hydrogen-bond acceptors (Lipinski definition) is 5. The summed E-state index contributed by atoms with van der Waals surface area (Å²) < 4.78 is 6.08. The first-order valence-electron chi connectivity index (χ1n) is 7.62. The van der Waals surface area contributed by atoms with Crippen molar-refractivity contribution in [2.75, 3.05) is 12.4 Å². The average molecular weight is 346 g/mol. The van der Waals surface area contributed by atoms with Crippen LogP contribution in [0, 0.1) is 11.8 Å². The lowest BCUT2D eigenvalue weighted by Crippen LogP contribution is -2.35. The lowest BCUT2D eigenvalue weighted by Gasteiger charge is -2.26. The summed E-state index contributed by atoms with van der Waals surface area (Å²) in [6.07, 6.45) is 2.78. The van der Waals surface area contributed by atoms with Gasteiger partial charge in [-0.1, -0.05) is 23.0 Å². The van der Waals surface area contributed by atoms with Gasteiger partial charge >= 0.3 is 5.97 Å². The van der Waals surface area contributed by atoms with E-state index in [1.807, 2.05) is 31.2 Å². The standard InChI is InChI=1S/C17H18N2O4S/c1-9-3-5-11(12(7-9)16(21)22)15(20)19-17-18-13-6-4-10(23-2)8-14(13)24-17/h3-4,6,8,11-12H,5,7H2,1-2H3,(H,21,22)(H,18,19,20)/t11-,12+/m1/s1. The third kappa shape index (κ3) is 3.26. The van der Waals surface area contributed by atoms with E-state index in [2.05, 4.69) is 10.3 Å². The molecule has 2 atom stereocenters. The predicted octanol–water partition coefficient (Wildman–Crippen LogP) is 3.30. The Bertz CT molecular complexity index is 827. The number of benzene rings is 1. The molecule has 0 radical (unpaired) electrons. The molecule has 1 amide bonds. The summed E-state index contributed by atoms with van der Waals surface area (Å²) in [5, 5.41) is 12.6. The molecule has 3 rings (SSSR count). The van der Waals surface area contributed by atoms with Crippen molar-refractivity contribution in [3.8, 4) is 5.75 Å². The maximum Gasteiger partial charge on any atom is 0.307 e. The zero-order chi connectivity index (χ0) is 17.3. The van der Waals surface area contributed by atoms with Gasteiger partial charge in [-0.15, -0.1) is 0 Å². The number of aromatic nitrogens is 1. The number of ether oxygens (including phenoxy) is 1. The molecule has 0 bridgehead atoms. The number of carboxylic acid groups (broad SMARTS) is 1. The van der Waals surface area contributed by atoms with Gasteiger partial charge in [0.2, 0.25) is 5.91 Å². The van der Waals surface area contributed by atoms with Gasteiger partial charge in [0, 0.05) is 0 Å². The van der Waals surface area contributed by atoms with Gasteiger partial charge in [0.15, 0.2) is 5.13 Å². The Morgan fingerprint density at radius 2 is 2.17 bits per heavy atom. The second kappa shape index (κ2) is 6.60. The third-order valence-electron chi connectivity index (χ3n) is 4.23. The summed E-state index contributed by atoms with van der Waals surface area (Å²) in [5.41, 5.74) is 1.78. The van der Waals surface area contributed by atoms with Gasteiger partial charge in [-0.2, -0.15) is 0 Å². The van der Waals surface area contributed by atoms with Crippen molar-refractivity contribution in [3.63, 3.8) is 0 Å². The van der Waals surface area contributed by atoms with E-state index in [1.54, 1.807) is 7.11 Å².